The minimum absolute atomic E-state index is 0.102. The zero-order chi connectivity index (χ0) is 20.8. The maximum absolute atomic E-state index is 14.2. The summed E-state index contributed by atoms with van der Waals surface area (Å²) in [4.78, 5) is 12.0. The van der Waals surface area contributed by atoms with Gasteiger partial charge in [0.05, 0.1) is 18.4 Å². The first-order valence-electron chi connectivity index (χ1n) is 9.36. The number of nitrogens with one attached hydrogen (secondary N) is 1. The fourth-order valence-corrected chi connectivity index (χ4v) is 4.72. The zero-order valence-electron chi connectivity index (χ0n) is 16.2. The second-order valence-corrected chi connectivity index (χ2v) is 9.45. The molecule has 0 spiro atoms. The van der Waals surface area contributed by atoms with E-state index in [0.29, 0.717) is 43.0 Å². The SMILES string of the molecule is Cc1cnc([C@@H]2CC(N3CC[C@H](NS(C)(=O)=O)C3)=NO2)c(C2=C(F)C=C(F)C2)c1. The highest BCUT2D eigenvalue weighted by atomic mass is 32.2. The highest BCUT2D eigenvalue weighted by Gasteiger charge is 2.35. The summed E-state index contributed by atoms with van der Waals surface area (Å²) in [7, 11) is -3.27. The molecule has 2 aliphatic heterocycles. The van der Waals surface area contributed by atoms with E-state index in [1.807, 2.05) is 11.8 Å². The molecule has 7 nitrogen and oxygen atoms in total. The first kappa shape index (κ1) is 20.0. The number of oxime groups is 1. The van der Waals surface area contributed by atoms with Crippen LogP contribution in [0.3, 0.4) is 0 Å². The second-order valence-electron chi connectivity index (χ2n) is 7.67. The van der Waals surface area contributed by atoms with Gasteiger partial charge in [-0.25, -0.2) is 21.9 Å². The van der Waals surface area contributed by atoms with E-state index >= 15 is 0 Å². The van der Waals surface area contributed by atoms with Crippen LogP contribution >= 0.6 is 0 Å². The fraction of sp³-hybridized carbons (Fsp3) is 0.474. The molecule has 0 amide bonds. The number of pyridine rings is 1. The number of sulfonamides is 1. The number of hydrogen-bond acceptors (Lipinski definition) is 6. The van der Waals surface area contributed by atoms with E-state index in [9.17, 15) is 17.2 Å². The third kappa shape index (κ3) is 4.32. The van der Waals surface area contributed by atoms with Crippen molar-refractivity contribution in [3.05, 3.63) is 46.8 Å². The quantitative estimate of drug-likeness (QED) is 0.804. The molecule has 29 heavy (non-hydrogen) atoms. The Morgan fingerprint density at radius 3 is 2.83 bits per heavy atom. The molecule has 1 N–H and O–H groups in total. The Bertz CT molecular complexity index is 1040. The Labute approximate surface area is 168 Å². The topological polar surface area (TPSA) is 83.9 Å². The molecule has 0 bridgehead atoms. The lowest BCUT2D eigenvalue weighted by Gasteiger charge is -2.18. The Kier molecular flexibility index (Phi) is 5.16. The largest absolute Gasteiger partial charge is 0.384 e. The van der Waals surface area contributed by atoms with Crippen molar-refractivity contribution in [2.75, 3.05) is 19.3 Å². The molecule has 2 atom stereocenters. The molecule has 1 aliphatic carbocycles. The number of hydrogen-bond donors (Lipinski definition) is 1. The fourth-order valence-electron chi connectivity index (χ4n) is 3.92. The first-order chi connectivity index (χ1) is 13.7. The smallest absolute Gasteiger partial charge is 0.209 e. The van der Waals surface area contributed by atoms with Crippen LogP contribution in [0, 0.1) is 6.92 Å². The van der Waals surface area contributed by atoms with Crippen molar-refractivity contribution in [2.45, 2.75) is 38.3 Å². The van der Waals surface area contributed by atoms with Crippen LogP contribution in [0.5, 0.6) is 0 Å². The van der Waals surface area contributed by atoms with Crippen LogP contribution in [0.25, 0.3) is 5.57 Å². The van der Waals surface area contributed by atoms with Crippen molar-refractivity contribution in [1.29, 1.82) is 0 Å². The summed E-state index contributed by atoms with van der Waals surface area (Å²) >= 11 is 0. The van der Waals surface area contributed by atoms with E-state index < -0.39 is 27.8 Å². The van der Waals surface area contributed by atoms with E-state index in [0.717, 1.165) is 17.9 Å². The van der Waals surface area contributed by atoms with Gasteiger partial charge in [-0.3, -0.25) is 4.98 Å². The number of nitrogens with zero attached hydrogens (tertiary/aromatic N) is 3. The summed E-state index contributed by atoms with van der Waals surface area (Å²) in [6.45, 7) is 3.00. The molecule has 1 saturated heterocycles. The molecule has 0 radical (unpaired) electrons. The molecule has 3 heterocycles. The van der Waals surface area contributed by atoms with Gasteiger partial charge in [0.15, 0.2) is 6.10 Å². The lowest BCUT2D eigenvalue weighted by molar-refractivity contribution is 0.0822. The monoisotopic (exact) mass is 424 g/mol. The Morgan fingerprint density at radius 2 is 2.14 bits per heavy atom. The lowest BCUT2D eigenvalue weighted by atomic mass is 9.97. The van der Waals surface area contributed by atoms with Crippen LogP contribution in [0.2, 0.25) is 0 Å². The van der Waals surface area contributed by atoms with Gasteiger partial charge >= 0.3 is 0 Å². The molecule has 0 saturated carbocycles. The first-order valence-corrected chi connectivity index (χ1v) is 11.3. The Hall–Kier alpha value is -2.33. The standard InChI is InChI=1S/C19H22F2N4O3S/c1-11-5-15(14-6-12(20)7-16(14)21)19(22-9-11)17-8-18(23-28-17)25-4-3-13(10-25)24-29(2,26)27/h5,7,9,13,17,24H,3-4,6,8,10H2,1-2H3/t13-,17-/m0/s1. The minimum Gasteiger partial charge on any atom is -0.384 e. The number of aromatic nitrogens is 1. The molecule has 3 aliphatic rings. The van der Waals surface area contributed by atoms with E-state index in [4.69, 9.17) is 4.84 Å². The lowest BCUT2D eigenvalue weighted by Crippen LogP contribution is -2.37. The van der Waals surface area contributed by atoms with Crippen molar-refractivity contribution >= 4 is 21.4 Å². The van der Waals surface area contributed by atoms with Gasteiger partial charge in [-0.15, -0.1) is 0 Å². The van der Waals surface area contributed by atoms with Crippen LogP contribution in [0.1, 0.15) is 42.2 Å². The van der Waals surface area contributed by atoms with Gasteiger partial charge in [0.1, 0.15) is 17.5 Å². The second kappa shape index (κ2) is 7.49. The van der Waals surface area contributed by atoms with Crippen LogP contribution < -0.4 is 4.72 Å². The molecule has 156 valence electrons. The van der Waals surface area contributed by atoms with Crippen molar-refractivity contribution in [2.24, 2.45) is 5.16 Å². The molecular formula is C19H22F2N4O3S. The van der Waals surface area contributed by atoms with Gasteiger partial charge in [-0.05, 0) is 25.0 Å². The maximum Gasteiger partial charge on any atom is 0.209 e. The number of aryl methyl sites for hydroxylation is 1. The van der Waals surface area contributed by atoms with Gasteiger partial charge in [-0.1, -0.05) is 5.16 Å². The summed E-state index contributed by atoms with van der Waals surface area (Å²) in [5.41, 5.74) is 2.16. The van der Waals surface area contributed by atoms with E-state index in [2.05, 4.69) is 14.9 Å². The number of rotatable bonds is 4. The summed E-state index contributed by atoms with van der Waals surface area (Å²) < 4.78 is 53.3. The number of allylic oxidation sites excluding steroid dienone is 4. The zero-order valence-corrected chi connectivity index (χ0v) is 17.0. The molecule has 0 unspecified atom stereocenters. The normalized spacial score (nSPS) is 24.8. The number of halogens is 2. The van der Waals surface area contributed by atoms with E-state index in [1.54, 1.807) is 12.3 Å². The van der Waals surface area contributed by atoms with Crippen LogP contribution in [0.15, 0.2) is 35.1 Å². The Balaban J connectivity index is 1.49. The molecule has 0 aromatic carbocycles. The average Bonchev–Trinajstić information content (AvgIpc) is 3.33. The van der Waals surface area contributed by atoms with Gasteiger partial charge in [0, 0.05) is 49.0 Å². The summed E-state index contributed by atoms with van der Waals surface area (Å²) in [5, 5.41) is 4.16. The highest BCUT2D eigenvalue weighted by Crippen LogP contribution is 2.40. The predicted octanol–water partition coefficient (Wildman–Crippen LogP) is 2.73. The van der Waals surface area contributed by atoms with E-state index in [-0.39, 0.29) is 18.0 Å². The number of amidine groups is 1. The maximum atomic E-state index is 14.2. The van der Waals surface area contributed by atoms with Gasteiger partial charge in [-0.2, -0.15) is 0 Å². The molecule has 1 aromatic rings. The van der Waals surface area contributed by atoms with Crippen molar-refractivity contribution in [3.63, 3.8) is 0 Å². The van der Waals surface area contributed by atoms with Crippen LogP contribution in [0.4, 0.5) is 8.78 Å². The van der Waals surface area contributed by atoms with Crippen LogP contribution in [-0.4, -0.2) is 49.5 Å². The molecule has 4 rings (SSSR count). The van der Waals surface area contributed by atoms with Gasteiger partial charge in [0.2, 0.25) is 10.0 Å². The predicted molar refractivity (Wildman–Crippen MR) is 105 cm³/mol. The number of likely N-dealkylation sites (tertiary alicyclic amines) is 1. The van der Waals surface area contributed by atoms with Crippen molar-refractivity contribution in [3.8, 4) is 0 Å². The summed E-state index contributed by atoms with van der Waals surface area (Å²) in [5.74, 6) is -0.411. The minimum atomic E-state index is -3.27. The molecule has 10 heteroatoms. The third-order valence-electron chi connectivity index (χ3n) is 5.19. The Morgan fingerprint density at radius 1 is 1.34 bits per heavy atom. The van der Waals surface area contributed by atoms with Gasteiger partial charge in [0.25, 0.3) is 0 Å². The summed E-state index contributed by atoms with van der Waals surface area (Å²) in [6, 6.07) is 1.61. The average molecular weight is 424 g/mol. The van der Waals surface area contributed by atoms with Crippen molar-refractivity contribution in [1.82, 2.24) is 14.6 Å². The third-order valence-corrected chi connectivity index (χ3v) is 5.95. The molecule has 1 aromatic heterocycles. The van der Waals surface area contributed by atoms with Crippen LogP contribution in [-0.2, 0) is 14.9 Å². The van der Waals surface area contributed by atoms with E-state index in [1.165, 1.54) is 0 Å². The molecular weight excluding hydrogens is 402 g/mol. The molecule has 1 fully saturated rings. The van der Waals surface area contributed by atoms with Crippen molar-refractivity contribution < 1.29 is 22.0 Å². The highest BCUT2D eigenvalue weighted by molar-refractivity contribution is 7.88. The van der Waals surface area contributed by atoms with Gasteiger partial charge < -0.3 is 9.74 Å². The summed E-state index contributed by atoms with van der Waals surface area (Å²) in [6.07, 6.45) is 4.20.